The Hall–Kier alpha value is 0.240. The van der Waals surface area contributed by atoms with Crippen molar-refractivity contribution in [2.24, 2.45) is 5.92 Å². The average molecular weight is 251 g/mol. The van der Waals surface area contributed by atoms with Gasteiger partial charge in [0.1, 0.15) is 0 Å². The molecule has 4 heteroatoms. The molecule has 0 aromatic carbocycles. The van der Waals surface area contributed by atoms with Crippen LogP contribution < -0.4 is 5.32 Å². The van der Waals surface area contributed by atoms with Crippen molar-refractivity contribution in [3.63, 3.8) is 0 Å². The highest BCUT2D eigenvalue weighted by molar-refractivity contribution is 6.36. The third-order valence-electron chi connectivity index (χ3n) is 3.00. The van der Waals surface area contributed by atoms with E-state index in [1.54, 1.807) is 0 Å². The number of halogens is 2. The Morgan fingerprint density at radius 2 is 2.13 bits per heavy atom. The van der Waals surface area contributed by atoms with Gasteiger partial charge >= 0.3 is 0 Å². The monoisotopic (exact) mass is 250 g/mol. The highest BCUT2D eigenvalue weighted by Gasteiger charge is 2.18. The molecule has 0 aromatic rings. The maximum absolute atomic E-state index is 5.90. The van der Waals surface area contributed by atoms with Crippen molar-refractivity contribution in [2.75, 3.05) is 33.2 Å². The molecule has 0 aliphatic carbocycles. The second-order valence-electron chi connectivity index (χ2n) is 4.17. The van der Waals surface area contributed by atoms with Crippen molar-refractivity contribution in [1.29, 1.82) is 0 Å². The maximum Gasteiger partial charge on any atom is 0.0434 e. The van der Waals surface area contributed by atoms with E-state index in [2.05, 4.69) is 10.2 Å². The van der Waals surface area contributed by atoms with Crippen LogP contribution in [0.1, 0.15) is 19.3 Å². The Morgan fingerprint density at radius 3 is 2.67 bits per heavy atom. The summed E-state index contributed by atoms with van der Waals surface area (Å²) in [6.45, 7) is 4.24. The lowest BCUT2D eigenvalue weighted by atomic mass is 9.93. The highest BCUT2D eigenvalue weighted by atomic mass is 35.5. The van der Waals surface area contributed by atoms with Gasteiger partial charge in [-0.05, 0) is 51.9 Å². The minimum absolute atomic E-state index is 0.741. The molecular weight excluding hydrogens is 231 g/mol. The summed E-state index contributed by atoms with van der Waals surface area (Å²) >= 11 is 11.4. The summed E-state index contributed by atoms with van der Waals surface area (Å²) in [5.74, 6) is 0.882. The molecule has 1 saturated heterocycles. The summed E-state index contributed by atoms with van der Waals surface area (Å²) < 4.78 is 0. The van der Waals surface area contributed by atoms with Crippen LogP contribution in [0.4, 0.5) is 0 Å². The van der Waals surface area contributed by atoms with E-state index in [-0.39, 0.29) is 0 Å². The molecule has 1 rings (SSSR count). The molecule has 0 aromatic heterocycles. The van der Waals surface area contributed by atoms with Crippen molar-refractivity contribution >= 4 is 23.2 Å². The van der Waals surface area contributed by atoms with Crippen LogP contribution in [0.25, 0.3) is 0 Å². The van der Waals surface area contributed by atoms with Gasteiger partial charge < -0.3 is 5.32 Å². The molecule has 0 amide bonds. The second-order valence-corrected chi connectivity index (χ2v) is 4.87. The number of hydrogen-bond acceptors (Lipinski definition) is 2. The largest absolute Gasteiger partial charge is 0.320 e. The van der Waals surface area contributed by atoms with Gasteiger partial charge in [-0.25, -0.2) is 0 Å². The van der Waals surface area contributed by atoms with Crippen LogP contribution in [0, 0.1) is 5.92 Å². The Kier molecular flexibility index (Phi) is 6.66. The van der Waals surface area contributed by atoms with Gasteiger partial charge in [0.05, 0.1) is 0 Å². The minimum Gasteiger partial charge on any atom is -0.320 e. The van der Waals surface area contributed by atoms with E-state index in [1.807, 2.05) is 7.05 Å². The standard InChI is InChI=1S/C11H20Cl2N2/c1-14-5-2-10-3-6-15(7-4-10)9-11(13)8-12/h8,10,14H,2-7,9H2,1H3. The number of nitrogens with one attached hydrogen (secondary N) is 1. The van der Waals surface area contributed by atoms with Crippen LogP contribution in [-0.4, -0.2) is 38.1 Å². The van der Waals surface area contributed by atoms with Gasteiger partial charge in [0, 0.05) is 17.1 Å². The topological polar surface area (TPSA) is 15.3 Å². The third kappa shape index (κ3) is 5.21. The van der Waals surface area contributed by atoms with Gasteiger partial charge in [-0.1, -0.05) is 23.2 Å². The molecule has 1 aliphatic rings. The zero-order valence-corrected chi connectivity index (χ0v) is 10.8. The zero-order chi connectivity index (χ0) is 11.1. The SMILES string of the molecule is CNCCC1CCN(CC(Cl)=CCl)CC1. The van der Waals surface area contributed by atoms with Crippen LogP contribution in [0.2, 0.25) is 0 Å². The molecule has 1 aliphatic heterocycles. The highest BCUT2D eigenvalue weighted by Crippen LogP contribution is 2.21. The smallest absolute Gasteiger partial charge is 0.0434 e. The van der Waals surface area contributed by atoms with Crippen LogP contribution in [0.15, 0.2) is 10.6 Å². The third-order valence-corrected chi connectivity index (χ3v) is 3.61. The number of piperidine rings is 1. The van der Waals surface area contributed by atoms with E-state index in [9.17, 15) is 0 Å². The van der Waals surface area contributed by atoms with Crippen molar-refractivity contribution in [1.82, 2.24) is 10.2 Å². The summed E-state index contributed by atoms with van der Waals surface area (Å²) in [4.78, 5) is 2.37. The lowest BCUT2D eigenvalue weighted by Gasteiger charge is -2.31. The van der Waals surface area contributed by atoms with Crippen LogP contribution in [0.3, 0.4) is 0 Å². The first kappa shape index (κ1) is 13.3. The first-order chi connectivity index (χ1) is 7.26. The fourth-order valence-corrected chi connectivity index (χ4v) is 2.27. The van der Waals surface area contributed by atoms with E-state index in [4.69, 9.17) is 23.2 Å². The molecular formula is C11H20Cl2N2. The fraction of sp³-hybridized carbons (Fsp3) is 0.818. The van der Waals surface area contributed by atoms with Gasteiger partial charge in [-0.2, -0.15) is 0 Å². The minimum atomic E-state index is 0.741. The first-order valence-electron chi connectivity index (χ1n) is 5.58. The second kappa shape index (κ2) is 7.50. The van der Waals surface area contributed by atoms with Gasteiger partial charge in [0.2, 0.25) is 0 Å². The summed E-state index contributed by atoms with van der Waals surface area (Å²) in [5.41, 5.74) is 1.47. The Morgan fingerprint density at radius 1 is 1.47 bits per heavy atom. The normalized spacial score (nSPS) is 20.9. The summed E-state index contributed by atoms with van der Waals surface area (Å²) in [5, 5.41) is 3.95. The molecule has 2 nitrogen and oxygen atoms in total. The molecule has 0 atom stereocenters. The lowest BCUT2D eigenvalue weighted by molar-refractivity contribution is 0.193. The number of rotatable bonds is 5. The quantitative estimate of drug-likeness (QED) is 0.808. The number of nitrogens with zero attached hydrogens (tertiary/aromatic N) is 1. The molecule has 1 N–H and O–H groups in total. The molecule has 0 radical (unpaired) electrons. The first-order valence-corrected chi connectivity index (χ1v) is 6.39. The summed E-state index contributed by atoms with van der Waals surface area (Å²) in [7, 11) is 2.01. The number of likely N-dealkylation sites (tertiary alicyclic amines) is 1. The summed E-state index contributed by atoms with van der Waals surface area (Å²) in [6, 6.07) is 0. The molecule has 0 spiro atoms. The van der Waals surface area contributed by atoms with Crippen LogP contribution in [-0.2, 0) is 0 Å². The van der Waals surface area contributed by atoms with Crippen LogP contribution >= 0.6 is 23.2 Å². The molecule has 0 bridgehead atoms. The van der Waals surface area contributed by atoms with Gasteiger partial charge in [-0.15, -0.1) is 0 Å². The van der Waals surface area contributed by atoms with Crippen molar-refractivity contribution < 1.29 is 0 Å². The predicted molar refractivity (Wildman–Crippen MR) is 67.5 cm³/mol. The van der Waals surface area contributed by atoms with Crippen LogP contribution in [0.5, 0.6) is 0 Å². The molecule has 1 heterocycles. The molecule has 1 fully saturated rings. The van der Waals surface area contributed by atoms with Crippen molar-refractivity contribution in [3.05, 3.63) is 10.6 Å². The van der Waals surface area contributed by atoms with E-state index in [1.165, 1.54) is 24.8 Å². The van der Waals surface area contributed by atoms with E-state index in [0.29, 0.717) is 0 Å². The van der Waals surface area contributed by atoms with E-state index in [0.717, 1.165) is 37.1 Å². The van der Waals surface area contributed by atoms with Gasteiger partial charge in [0.25, 0.3) is 0 Å². The zero-order valence-electron chi connectivity index (χ0n) is 9.31. The Bertz CT molecular complexity index is 199. The predicted octanol–water partition coefficient (Wildman–Crippen LogP) is 2.63. The van der Waals surface area contributed by atoms with E-state index < -0.39 is 0 Å². The molecule has 15 heavy (non-hydrogen) atoms. The van der Waals surface area contributed by atoms with Crippen molar-refractivity contribution in [3.8, 4) is 0 Å². The maximum atomic E-state index is 5.90. The van der Waals surface area contributed by atoms with Gasteiger partial charge in [-0.3, -0.25) is 4.90 Å². The van der Waals surface area contributed by atoms with Gasteiger partial charge in [0.15, 0.2) is 0 Å². The number of hydrogen-bond donors (Lipinski definition) is 1. The Balaban J connectivity index is 2.18. The van der Waals surface area contributed by atoms with E-state index >= 15 is 0 Å². The Labute approximate surface area is 103 Å². The molecule has 88 valence electrons. The average Bonchev–Trinajstić information content (AvgIpc) is 2.28. The lowest BCUT2D eigenvalue weighted by Crippen LogP contribution is -2.35. The fourth-order valence-electron chi connectivity index (χ4n) is 2.03. The van der Waals surface area contributed by atoms with Crippen molar-refractivity contribution in [2.45, 2.75) is 19.3 Å². The summed E-state index contributed by atoms with van der Waals surface area (Å²) in [6.07, 6.45) is 3.87. The molecule has 0 saturated carbocycles. The molecule has 0 unspecified atom stereocenters.